The van der Waals surface area contributed by atoms with Gasteiger partial charge in [0.1, 0.15) is 5.76 Å². The molecule has 0 bridgehead atoms. The van der Waals surface area contributed by atoms with Crippen molar-refractivity contribution >= 4 is 5.78 Å². The van der Waals surface area contributed by atoms with Gasteiger partial charge in [0.2, 0.25) is 0 Å². The lowest BCUT2D eigenvalue weighted by Gasteiger charge is -2.43. The van der Waals surface area contributed by atoms with E-state index in [1.807, 2.05) is 0 Å². The van der Waals surface area contributed by atoms with Gasteiger partial charge in [0.25, 0.3) is 0 Å². The molecule has 1 unspecified atom stereocenters. The van der Waals surface area contributed by atoms with Crippen molar-refractivity contribution in [3.05, 3.63) is 11.8 Å². The van der Waals surface area contributed by atoms with Crippen LogP contribution >= 0.6 is 0 Å². The van der Waals surface area contributed by atoms with E-state index >= 15 is 0 Å². The standard InChI is InChI=1S/C10H14O3/c11-7-2-3-8(9(12)6-7)10(13)4-1-5-10/h6,8,12-13H,1-5H2/i1T. The SMILES string of the molecule is [3H]C1CC(O)(C2CCC(=O)C=C2O)C1. The number of ketones is 1. The van der Waals surface area contributed by atoms with E-state index in [0.29, 0.717) is 25.7 Å². The first kappa shape index (κ1) is 7.56. The Balaban J connectivity index is 2.12. The summed E-state index contributed by atoms with van der Waals surface area (Å²) < 4.78 is 7.36. The molecule has 2 aliphatic rings. The minimum atomic E-state index is -0.937. The fourth-order valence-electron chi connectivity index (χ4n) is 2.04. The molecule has 0 aliphatic heterocycles. The number of hydrogen-bond donors (Lipinski definition) is 2. The summed E-state index contributed by atoms with van der Waals surface area (Å²) in [5, 5.41) is 19.6. The second-order valence-electron chi connectivity index (χ2n) is 3.93. The normalized spacial score (nSPS) is 46.4. The Hall–Kier alpha value is -0.830. The van der Waals surface area contributed by atoms with Gasteiger partial charge in [-0.3, -0.25) is 4.79 Å². The minimum Gasteiger partial charge on any atom is -0.512 e. The molecule has 0 aromatic rings. The van der Waals surface area contributed by atoms with Crippen LogP contribution in [0.4, 0.5) is 0 Å². The highest BCUT2D eigenvalue weighted by atomic mass is 16.3. The van der Waals surface area contributed by atoms with Crippen molar-refractivity contribution < 1.29 is 16.4 Å². The first-order chi connectivity index (χ1) is 6.51. The Labute approximate surface area is 78.5 Å². The van der Waals surface area contributed by atoms with Crippen LogP contribution in [0.25, 0.3) is 0 Å². The molecule has 2 rings (SSSR count). The van der Waals surface area contributed by atoms with Gasteiger partial charge in [-0.2, -0.15) is 0 Å². The molecule has 1 atom stereocenters. The average molecular weight is 184 g/mol. The third kappa shape index (κ3) is 1.37. The molecule has 3 heteroatoms. The third-order valence-electron chi connectivity index (χ3n) is 2.99. The second kappa shape index (κ2) is 2.84. The van der Waals surface area contributed by atoms with E-state index in [1.54, 1.807) is 0 Å². The number of aliphatic hydroxyl groups is 2. The van der Waals surface area contributed by atoms with E-state index in [4.69, 9.17) is 1.37 Å². The minimum absolute atomic E-state index is 0.00403. The molecule has 0 aromatic carbocycles. The van der Waals surface area contributed by atoms with E-state index in [2.05, 4.69) is 0 Å². The molecule has 2 N–H and O–H groups in total. The van der Waals surface area contributed by atoms with Gasteiger partial charge in [-0.1, -0.05) is 0 Å². The Kier molecular flexibility index (Phi) is 1.65. The fourth-order valence-corrected chi connectivity index (χ4v) is 2.04. The Morgan fingerprint density at radius 1 is 1.62 bits per heavy atom. The highest BCUT2D eigenvalue weighted by Crippen LogP contribution is 2.44. The van der Waals surface area contributed by atoms with Gasteiger partial charge in [0, 0.05) is 19.8 Å². The van der Waals surface area contributed by atoms with E-state index in [-0.39, 0.29) is 23.9 Å². The largest absolute Gasteiger partial charge is 0.512 e. The zero-order valence-electron chi connectivity index (χ0n) is 8.36. The van der Waals surface area contributed by atoms with Crippen LogP contribution in [0, 0.1) is 5.92 Å². The van der Waals surface area contributed by atoms with Crippen molar-refractivity contribution in [2.75, 3.05) is 0 Å². The van der Waals surface area contributed by atoms with Gasteiger partial charge in [-0.25, -0.2) is 0 Å². The van der Waals surface area contributed by atoms with Gasteiger partial charge in [-0.05, 0) is 25.7 Å². The zero-order chi connectivity index (χ0) is 10.3. The van der Waals surface area contributed by atoms with Crippen molar-refractivity contribution in [2.45, 2.75) is 37.7 Å². The van der Waals surface area contributed by atoms with E-state index < -0.39 is 5.60 Å². The molecule has 2 aliphatic carbocycles. The monoisotopic (exact) mass is 184 g/mol. The highest BCUT2D eigenvalue weighted by molar-refractivity contribution is 5.91. The molecule has 1 saturated carbocycles. The molecule has 1 fully saturated rings. The molecule has 0 aromatic heterocycles. The maximum atomic E-state index is 11.0. The van der Waals surface area contributed by atoms with Crippen LogP contribution in [0.1, 0.15) is 33.5 Å². The van der Waals surface area contributed by atoms with Crippen molar-refractivity contribution in [3.63, 3.8) is 0 Å². The molecular weight excluding hydrogens is 168 g/mol. The summed E-state index contributed by atoms with van der Waals surface area (Å²) >= 11 is 0. The van der Waals surface area contributed by atoms with Crippen LogP contribution in [0.5, 0.6) is 0 Å². The summed E-state index contributed by atoms with van der Waals surface area (Å²) in [6, 6.07) is 0. The van der Waals surface area contributed by atoms with Crippen molar-refractivity contribution in [3.8, 4) is 0 Å². The van der Waals surface area contributed by atoms with Crippen LogP contribution in [-0.2, 0) is 4.79 Å². The summed E-state index contributed by atoms with van der Waals surface area (Å²) in [5.41, 5.74) is -0.937. The van der Waals surface area contributed by atoms with Crippen molar-refractivity contribution in [1.82, 2.24) is 0 Å². The Bertz CT molecular complexity index is 292. The first-order valence-electron chi connectivity index (χ1n) is 5.17. The van der Waals surface area contributed by atoms with Crippen LogP contribution in [0.15, 0.2) is 11.8 Å². The second-order valence-corrected chi connectivity index (χ2v) is 3.93. The molecule has 0 radical (unpaired) electrons. The molecule has 72 valence electrons. The number of allylic oxidation sites excluding steroid dienone is 1. The van der Waals surface area contributed by atoms with Crippen LogP contribution in [0.3, 0.4) is 0 Å². The quantitative estimate of drug-likeness (QED) is 0.646. The molecule has 0 spiro atoms. The van der Waals surface area contributed by atoms with E-state index in [9.17, 15) is 15.0 Å². The van der Waals surface area contributed by atoms with Crippen LogP contribution < -0.4 is 0 Å². The number of aliphatic hydroxyl groups excluding tert-OH is 1. The van der Waals surface area contributed by atoms with Gasteiger partial charge in [0.15, 0.2) is 5.78 Å². The fraction of sp³-hybridized carbons (Fsp3) is 0.700. The number of rotatable bonds is 1. The lowest BCUT2D eigenvalue weighted by Crippen LogP contribution is -2.46. The maximum absolute atomic E-state index is 11.0. The Morgan fingerprint density at radius 3 is 2.85 bits per heavy atom. The predicted molar refractivity (Wildman–Crippen MR) is 47.2 cm³/mol. The average Bonchev–Trinajstić information content (AvgIpc) is 2.00. The molecule has 0 saturated heterocycles. The molecular formula is C10H14O3. The Morgan fingerprint density at radius 2 is 2.31 bits per heavy atom. The summed E-state index contributed by atoms with van der Waals surface area (Å²) in [6.07, 6.45) is 2.70. The predicted octanol–water partition coefficient (Wildman–Crippen LogP) is 1.32. The summed E-state index contributed by atoms with van der Waals surface area (Å²) in [6.45, 7) is 0. The molecule has 13 heavy (non-hydrogen) atoms. The summed E-state index contributed by atoms with van der Waals surface area (Å²) in [4.78, 5) is 11.0. The zero-order valence-corrected chi connectivity index (χ0v) is 7.36. The molecule has 0 heterocycles. The lowest BCUT2D eigenvalue weighted by molar-refractivity contribution is -0.119. The number of carbonyl (C=O) groups excluding carboxylic acids is 1. The highest BCUT2D eigenvalue weighted by Gasteiger charge is 2.45. The van der Waals surface area contributed by atoms with E-state index in [1.165, 1.54) is 6.08 Å². The number of hydrogen-bond acceptors (Lipinski definition) is 3. The van der Waals surface area contributed by atoms with Gasteiger partial charge in [0.05, 0.1) is 5.60 Å². The topological polar surface area (TPSA) is 57.5 Å². The van der Waals surface area contributed by atoms with Crippen molar-refractivity contribution in [1.29, 1.82) is 0 Å². The first-order valence-corrected chi connectivity index (χ1v) is 4.59. The lowest BCUT2D eigenvalue weighted by atomic mass is 9.67. The van der Waals surface area contributed by atoms with E-state index in [0.717, 1.165) is 0 Å². The summed E-state index contributed by atoms with van der Waals surface area (Å²) in [7, 11) is 0. The molecule has 3 nitrogen and oxygen atoms in total. The third-order valence-corrected chi connectivity index (χ3v) is 2.99. The number of carbonyl (C=O) groups is 1. The van der Waals surface area contributed by atoms with Crippen molar-refractivity contribution in [2.24, 2.45) is 5.92 Å². The van der Waals surface area contributed by atoms with Crippen LogP contribution in [0.2, 0.25) is 0 Å². The smallest absolute Gasteiger partial charge is 0.159 e. The van der Waals surface area contributed by atoms with Gasteiger partial charge >= 0.3 is 0 Å². The van der Waals surface area contributed by atoms with Gasteiger partial charge in [-0.15, -0.1) is 0 Å². The summed E-state index contributed by atoms with van der Waals surface area (Å²) in [5.74, 6) is -0.415. The van der Waals surface area contributed by atoms with Crippen LogP contribution in [-0.4, -0.2) is 21.6 Å². The molecule has 0 amide bonds. The maximum Gasteiger partial charge on any atom is 0.159 e. The van der Waals surface area contributed by atoms with Gasteiger partial charge < -0.3 is 10.2 Å².